The summed E-state index contributed by atoms with van der Waals surface area (Å²) < 4.78 is 5.39. The van der Waals surface area contributed by atoms with Crippen LogP contribution in [0.25, 0.3) is 0 Å². The first-order chi connectivity index (χ1) is 10.0. The molecule has 3 rings (SSSR count). The van der Waals surface area contributed by atoms with Crippen molar-refractivity contribution in [3.8, 4) is 11.9 Å². The first-order valence-corrected chi connectivity index (χ1v) is 6.86. The lowest BCUT2D eigenvalue weighted by Gasteiger charge is -2.23. The van der Waals surface area contributed by atoms with Crippen LogP contribution in [0.5, 0.6) is 5.88 Å². The van der Waals surface area contributed by atoms with E-state index in [-0.39, 0.29) is 11.5 Å². The van der Waals surface area contributed by atoms with Crippen molar-refractivity contribution in [1.29, 1.82) is 5.26 Å². The van der Waals surface area contributed by atoms with Crippen LogP contribution in [-0.2, 0) is 0 Å². The number of halogens is 2. The molecule has 1 aromatic carbocycles. The van der Waals surface area contributed by atoms with Crippen molar-refractivity contribution in [3.05, 3.63) is 56.8 Å². The van der Waals surface area contributed by atoms with Crippen LogP contribution in [0.4, 0.5) is 0 Å². The smallest absolute Gasteiger partial charge is 0.243 e. The molecule has 1 aliphatic rings. The second kappa shape index (κ2) is 4.99. The van der Waals surface area contributed by atoms with Crippen LogP contribution in [0.3, 0.4) is 0 Å². The van der Waals surface area contributed by atoms with Gasteiger partial charge in [-0.05, 0) is 24.6 Å². The van der Waals surface area contributed by atoms with Gasteiger partial charge in [-0.1, -0.05) is 29.3 Å². The van der Waals surface area contributed by atoms with Crippen molar-refractivity contribution < 1.29 is 4.74 Å². The van der Waals surface area contributed by atoms with Gasteiger partial charge in [0.05, 0.1) is 11.6 Å². The molecule has 106 valence electrons. The van der Waals surface area contributed by atoms with E-state index in [0.29, 0.717) is 33.0 Å². The lowest BCUT2D eigenvalue weighted by molar-refractivity contribution is 0.379. The first kappa shape index (κ1) is 13.8. The minimum Gasteiger partial charge on any atom is -0.420 e. The normalized spacial score (nSPS) is 17.1. The summed E-state index contributed by atoms with van der Waals surface area (Å²) in [5.74, 6) is 0.610. The van der Waals surface area contributed by atoms with Crippen molar-refractivity contribution in [3.63, 3.8) is 0 Å². The molecule has 0 aliphatic carbocycles. The van der Waals surface area contributed by atoms with Crippen LogP contribution in [0.15, 0.2) is 29.7 Å². The van der Waals surface area contributed by atoms with Crippen molar-refractivity contribution >= 4 is 23.2 Å². The van der Waals surface area contributed by atoms with Gasteiger partial charge in [0.25, 0.3) is 0 Å². The Morgan fingerprint density at radius 1 is 1.43 bits per heavy atom. The summed E-state index contributed by atoms with van der Waals surface area (Å²) in [6, 6.07) is 7.20. The van der Waals surface area contributed by atoms with E-state index in [1.165, 1.54) is 0 Å². The number of nitriles is 1. The van der Waals surface area contributed by atoms with Gasteiger partial charge in [-0.15, -0.1) is 0 Å². The molecule has 0 saturated heterocycles. The molecule has 0 radical (unpaired) electrons. The Hall–Kier alpha value is -2.16. The summed E-state index contributed by atoms with van der Waals surface area (Å²) in [5, 5.41) is 10.4. The van der Waals surface area contributed by atoms with E-state index in [9.17, 15) is 5.26 Å². The SMILES string of the molecule is Cc1nc2c([nH]1)[C@@H](c1ccc(Cl)cc1Cl)C(C#N)=C(N)O2. The monoisotopic (exact) mass is 320 g/mol. The summed E-state index contributed by atoms with van der Waals surface area (Å²) in [6.45, 7) is 1.80. The van der Waals surface area contributed by atoms with Gasteiger partial charge in [0.2, 0.25) is 11.8 Å². The molecule has 1 aromatic heterocycles. The molecule has 0 unspecified atom stereocenters. The zero-order valence-electron chi connectivity index (χ0n) is 10.9. The summed E-state index contributed by atoms with van der Waals surface area (Å²) >= 11 is 12.2. The molecule has 3 N–H and O–H groups in total. The standard InChI is InChI=1S/C14H10Cl2N4O/c1-6-19-12-11(8-3-2-7(15)4-10(8)16)9(5-17)13(18)21-14(12)20-6/h2-4,11H,18H2,1H3,(H,19,20)/t11-/m0/s1. The average molecular weight is 321 g/mol. The molecular weight excluding hydrogens is 311 g/mol. The summed E-state index contributed by atoms with van der Waals surface area (Å²) in [4.78, 5) is 7.33. The molecular formula is C14H10Cl2N4O. The fourth-order valence-corrected chi connectivity index (χ4v) is 2.89. The number of aromatic nitrogens is 2. The summed E-state index contributed by atoms with van der Waals surface area (Å²) in [5.41, 5.74) is 7.49. The maximum Gasteiger partial charge on any atom is 0.243 e. The van der Waals surface area contributed by atoms with E-state index in [4.69, 9.17) is 33.7 Å². The third-order valence-corrected chi connectivity index (χ3v) is 3.82. The number of hydrogen-bond acceptors (Lipinski definition) is 4. The molecule has 2 heterocycles. The molecule has 21 heavy (non-hydrogen) atoms. The van der Waals surface area contributed by atoms with E-state index in [1.54, 1.807) is 25.1 Å². The zero-order chi connectivity index (χ0) is 15.1. The van der Waals surface area contributed by atoms with Gasteiger partial charge in [0.15, 0.2) is 0 Å². The Morgan fingerprint density at radius 3 is 2.86 bits per heavy atom. The van der Waals surface area contributed by atoms with Gasteiger partial charge in [-0.25, -0.2) is 0 Å². The highest BCUT2D eigenvalue weighted by molar-refractivity contribution is 6.35. The minimum absolute atomic E-state index is 0.0347. The lowest BCUT2D eigenvalue weighted by Crippen LogP contribution is -2.21. The number of imidazole rings is 1. The van der Waals surface area contributed by atoms with Crippen molar-refractivity contribution in [2.75, 3.05) is 0 Å². The Balaban J connectivity index is 2.25. The molecule has 2 aromatic rings. The van der Waals surface area contributed by atoms with Crippen molar-refractivity contribution in [2.24, 2.45) is 5.73 Å². The number of benzene rings is 1. The van der Waals surface area contributed by atoms with Gasteiger partial charge in [-0.2, -0.15) is 10.2 Å². The number of rotatable bonds is 1. The number of fused-ring (bicyclic) bond motifs is 1. The van der Waals surface area contributed by atoms with Crippen molar-refractivity contribution in [2.45, 2.75) is 12.8 Å². The number of allylic oxidation sites excluding steroid dienone is 1. The van der Waals surface area contributed by atoms with Gasteiger partial charge >= 0.3 is 0 Å². The van der Waals surface area contributed by atoms with E-state index in [2.05, 4.69) is 16.0 Å². The number of aromatic amines is 1. The summed E-state index contributed by atoms with van der Waals surface area (Å²) in [7, 11) is 0. The molecule has 0 spiro atoms. The Labute approximate surface area is 130 Å². The third kappa shape index (κ3) is 2.23. The number of ether oxygens (including phenoxy) is 1. The van der Waals surface area contributed by atoms with Crippen LogP contribution < -0.4 is 10.5 Å². The highest BCUT2D eigenvalue weighted by Crippen LogP contribution is 2.43. The van der Waals surface area contributed by atoms with E-state index in [0.717, 1.165) is 0 Å². The average Bonchev–Trinajstić information content (AvgIpc) is 2.77. The predicted molar refractivity (Wildman–Crippen MR) is 79.1 cm³/mol. The quantitative estimate of drug-likeness (QED) is 0.844. The van der Waals surface area contributed by atoms with Crippen LogP contribution in [0.2, 0.25) is 10.0 Å². The Morgan fingerprint density at radius 2 is 2.19 bits per heavy atom. The highest BCUT2D eigenvalue weighted by Gasteiger charge is 2.34. The first-order valence-electron chi connectivity index (χ1n) is 6.10. The largest absolute Gasteiger partial charge is 0.420 e. The third-order valence-electron chi connectivity index (χ3n) is 3.26. The molecule has 1 aliphatic heterocycles. The van der Waals surface area contributed by atoms with Crippen LogP contribution in [-0.4, -0.2) is 9.97 Å². The highest BCUT2D eigenvalue weighted by atomic mass is 35.5. The lowest BCUT2D eigenvalue weighted by atomic mass is 9.88. The van der Waals surface area contributed by atoms with Crippen LogP contribution in [0, 0.1) is 18.3 Å². The molecule has 0 bridgehead atoms. The van der Waals surface area contributed by atoms with Crippen molar-refractivity contribution in [1.82, 2.24) is 9.97 Å². The fraction of sp³-hybridized carbons (Fsp3) is 0.143. The fourth-order valence-electron chi connectivity index (χ4n) is 2.37. The van der Waals surface area contributed by atoms with Gasteiger partial charge in [-0.3, -0.25) is 0 Å². The molecule has 1 atom stereocenters. The maximum atomic E-state index is 9.40. The number of nitrogens with two attached hydrogens (primary N) is 1. The van der Waals surface area contributed by atoms with Crippen LogP contribution >= 0.6 is 23.2 Å². The molecule has 0 fully saturated rings. The van der Waals surface area contributed by atoms with E-state index < -0.39 is 5.92 Å². The number of aryl methyl sites for hydroxylation is 1. The van der Waals surface area contributed by atoms with Gasteiger partial charge in [0, 0.05) is 10.0 Å². The topological polar surface area (TPSA) is 87.7 Å². The predicted octanol–water partition coefficient (Wildman–Crippen LogP) is 3.24. The summed E-state index contributed by atoms with van der Waals surface area (Å²) in [6.07, 6.45) is 0. The molecule has 7 heteroatoms. The Bertz CT molecular complexity index is 804. The number of nitrogens with one attached hydrogen (secondary N) is 1. The number of nitrogens with zero attached hydrogens (tertiary/aromatic N) is 2. The maximum absolute atomic E-state index is 9.40. The van der Waals surface area contributed by atoms with Gasteiger partial charge in [0.1, 0.15) is 17.5 Å². The van der Waals surface area contributed by atoms with Gasteiger partial charge < -0.3 is 15.5 Å². The van der Waals surface area contributed by atoms with E-state index >= 15 is 0 Å². The molecule has 5 nitrogen and oxygen atoms in total. The van der Waals surface area contributed by atoms with Crippen LogP contribution in [0.1, 0.15) is 23.0 Å². The van der Waals surface area contributed by atoms with E-state index in [1.807, 2.05) is 0 Å². The molecule has 0 saturated carbocycles. The molecule has 0 amide bonds. The second-order valence-electron chi connectivity index (χ2n) is 4.63. The number of hydrogen-bond donors (Lipinski definition) is 2. The Kier molecular flexibility index (Phi) is 3.28. The number of H-pyrrole nitrogens is 1. The minimum atomic E-state index is -0.454. The second-order valence-corrected chi connectivity index (χ2v) is 5.48. The zero-order valence-corrected chi connectivity index (χ0v) is 12.5.